The summed E-state index contributed by atoms with van der Waals surface area (Å²) in [5.41, 5.74) is 8.43. The molecule has 4 heteroatoms. The minimum absolute atomic E-state index is 0.0526. The Labute approximate surface area is 107 Å². The number of nitrogen functional groups attached to an aromatic ring is 1. The van der Waals surface area contributed by atoms with E-state index in [2.05, 4.69) is 18.0 Å². The first-order valence-corrected chi connectivity index (χ1v) is 5.69. The molecule has 0 saturated heterocycles. The minimum Gasteiger partial charge on any atom is -0.384 e. The number of pyridine rings is 1. The smallest absolute Gasteiger partial charge is 0.133 e. The molecule has 92 valence electrons. The Morgan fingerprint density at radius 3 is 2.67 bits per heavy atom. The van der Waals surface area contributed by atoms with Gasteiger partial charge in [0.25, 0.3) is 0 Å². The lowest BCUT2D eigenvalue weighted by Crippen LogP contribution is -2.15. The number of rotatable bonds is 3. The Hall–Kier alpha value is -2.36. The minimum atomic E-state index is 0.0526. The molecular weight excluding hydrogens is 224 g/mol. The Kier molecular flexibility index (Phi) is 3.28. The second-order valence-corrected chi connectivity index (χ2v) is 4.16. The van der Waals surface area contributed by atoms with Gasteiger partial charge in [-0.1, -0.05) is 18.2 Å². The molecule has 3 N–H and O–H groups in total. The molecule has 0 aliphatic heterocycles. The molecule has 2 rings (SSSR count). The summed E-state index contributed by atoms with van der Waals surface area (Å²) in [4.78, 5) is 6.30. The maximum absolute atomic E-state index is 7.45. The summed E-state index contributed by atoms with van der Waals surface area (Å²) in [5.74, 6) is 0.828. The summed E-state index contributed by atoms with van der Waals surface area (Å²) in [5, 5.41) is 7.45. The van der Waals surface area contributed by atoms with E-state index in [9.17, 15) is 0 Å². The van der Waals surface area contributed by atoms with Crippen molar-refractivity contribution in [3.05, 3.63) is 53.7 Å². The summed E-state index contributed by atoms with van der Waals surface area (Å²) >= 11 is 0. The molecule has 4 nitrogen and oxygen atoms in total. The number of anilines is 2. The van der Waals surface area contributed by atoms with Crippen LogP contribution in [0.15, 0.2) is 42.6 Å². The van der Waals surface area contributed by atoms with Crippen molar-refractivity contribution in [2.45, 2.75) is 6.92 Å². The Balaban J connectivity index is 2.40. The number of nitrogens with zero attached hydrogens (tertiary/aromatic N) is 2. The second kappa shape index (κ2) is 4.87. The average Bonchev–Trinajstić information content (AvgIpc) is 2.38. The van der Waals surface area contributed by atoms with Gasteiger partial charge in [0.1, 0.15) is 11.7 Å². The van der Waals surface area contributed by atoms with E-state index in [1.54, 1.807) is 12.3 Å². The number of nitrogens with two attached hydrogens (primary N) is 1. The zero-order chi connectivity index (χ0) is 13.1. The highest BCUT2D eigenvalue weighted by atomic mass is 15.2. The van der Waals surface area contributed by atoms with Crippen molar-refractivity contribution < 1.29 is 0 Å². The lowest BCUT2D eigenvalue weighted by molar-refractivity contribution is 1.11. The van der Waals surface area contributed by atoms with E-state index >= 15 is 0 Å². The third-order valence-electron chi connectivity index (χ3n) is 2.88. The number of aromatic nitrogens is 1. The highest BCUT2D eigenvalue weighted by Gasteiger charge is 2.08. The third kappa shape index (κ3) is 2.32. The normalized spacial score (nSPS) is 10.1. The zero-order valence-corrected chi connectivity index (χ0v) is 10.5. The molecule has 1 aromatic carbocycles. The van der Waals surface area contributed by atoms with Crippen LogP contribution in [-0.2, 0) is 0 Å². The monoisotopic (exact) mass is 240 g/mol. The van der Waals surface area contributed by atoms with Crippen LogP contribution in [0, 0.1) is 12.3 Å². The van der Waals surface area contributed by atoms with E-state index in [-0.39, 0.29) is 5.84 Å². The van der Waals surface area contributed by atoms with Gasteiger partial charge in [-0.05, 0) is 30.7 Å². The van der Waals surface area contributed by atoms with Crippen LogP contribution in [0.4, 0.5) is 11.5 Å². The van der Waals surface area contributed by atoms with Crippen molar-refractivity contribution in [2.75, 3.05) is 11.9 Å². The summed E-state index contributed by atoms with van der Waals surface area (Å²) < 4.78 is 0. The number of hydrogen-bond acceptors (Lipinski definition) is 3. The fraction of sp³-hybridized carbons (Fsp3) is 0.143. The van der Waals surface area contributed by atoms with E-state index in [4.69, 9.17) is 11.1 Å². The highest BCUT2D eigenvalue weighted by Crippen LogP contribution is 2.25. The molecule has 0 fully saturated rings. The topological polar surface area (TPSA) is 66.0 Å². The molecule has 0 bridgehead atoms. The van der Waals surface area contributed by atoms with Crippen molar-refractivity contribution in [1.29, 1.82) is 5.41 Å². The van der Waals surface area contributed by atoms with E-state index in [1.807, 2.05) is 36.2 Å². The van der Waals surface area contributed by atoms with Crippen LogP contribution in [0.1, 0.15) is 11.1 Å². The molecule has 0 radical (unpaired) electrons. The van der Waals surface area contributed by atoms with Crippen LogP contribution in [0.5, 0.6) is 0 Å². The predicted octanol–water partition coefficient (Wildman–Crippen LogP) is 2.44. The molecule has 1 aromatic heterocycles. The van der Waals surface area contributed by atoms with Crippen LogP contribution in [0.3, 0.4) is 0 Å². The van der Waals surface area contributed by atoms with Crippen molar-refractivity contribution in [1.82, 2.24) is 4.98 Å². The van der Waals surface area contributed by atoms with Crippen LogP contribution >= 0.6 is 0 Å². The van der Waals surface area contributed by atoms with Gasteiger partial charge >= 0.3 is 0 Å². The van der Waals surface area contributed by atoms with E-state index in [0.29, 0.717) is 5.56 Å². The zero-order valence-electron chi connectivity index (χ0n) is 10.5. The molecule has 0 spiro atoms. The van der Waals surface area contributed by atoms with Crippen molar-refractivity contribution in [3.8, 4) is 0 Å². The maximum Gasteiger partial charge on any atom is 0.133 e. The summed E-state index contributed by atoms with van der Waals surface area (Å²) in [6, 6.07) is 11.6. The van der Waals surface area contributed by atoms with Gasteiger partial charge in [0.2, 0.25) is 0 Å². The second-order valence-electron chi connectivity index (χ2n) is 4.16. The average molecular weight is 240 g/mol. The van der Waals surface area contributed by atoms with Crippen LogP contribution < -0.4 is 10.6 Å². The van der Waals surface area contributed by atoms with E-state index in [1.165, 1.54) is 5.56 Å². The van der Waals surface area contributed by atoms with E-state index < -0.39 is 0 Å². The van der Waals surface area contributed by atoms with Crippen molar-refractivity contribution >= 4 is 17.3 Å². The lowest BCUT2D eigenvalue weighted by atomic mass is 10.2. The van der Waals surface area contributed by atoms with Crippen molar-refractivity contribution in [3.63, 3.8) is 0 Å². The lowest BCUT2D eigenvalue weighted by Gasteiger charge is -2.20. The van der Waals surface area contributed by atoms with Crippen LogP contribution in [0.2, 0.25) is 0 Å². The SMILES string of the molecule is Cc1ccccc1N(C)c1cc(C(=N)N)ccn1. The van der Waals surface area contributed by atoms with Gasteiger partial charge in [0, 0.05) is 24.5 Å². The molecular formula is C14H16N4. The molecule has 0 atom stereocenters. The quantitative estimate of drug-likeness (QED) is 0.639. The largest absolute Gasteiger partial charge is 0.384 e. The van der Waals surface area contributed by atoms with Gasteiger partial charge in [0.15, 0.2) is 0 Å². The van der Waals surface area contributed by atoms with Crippen LogP contribution in [0.25, 0.3) is 0 Å². The maximum atomic E-state index is 7.45. The van der Waals surface area contributed by atoms with Gasteiger partial charge in [-0.2, -0.15) is 0 Å². The molecule has 1 heterocycles. The molecule has 0 aliphatic carbocycles. The standard InChI is InChI=1S/C14H16N4/c1-10-5-3-4-6-12(10)18(2)13-9-11(14(15)16)7-8-17-13/h3-9H,1-2H3,(H3,15,16). The van der Waals surface area contributed by atoms with Gasteiger partial charge in [-0.25, -0.2) is 4.98 Å². The summed E-state index contributed by atoms with van der Waals surface area (Å²) in [6.07, 6.45) is 1.67. The number of nitrogens with one attached hydrogen (secondary N) is 1. The third-order valence-corrected chi connectivity index (χ3v) is 2.88. The van der Waals surface area contributed by atoms with Crippen molar-refractivity contribution in [2.24, 2.45) is 5.73 Å². The molecule has 0 amide bonds. The number of amidine groups is 1. The van der Waals surface area contributed by atoms with Gasteiger partial charge in [-0.3, -0.25) is 5.41 Å². The first-order chi connectivity index (χ1) is 8.59. The molecule has 0 unspecified atom stereocenters. The number of benzene rings is 1. The fourth-order valence-corrected chi connectivity index (χ4v) is 1.83. The molecule has 0 aliphatic rings. The molecule has 0 saturated carbocycles. The van der Waals surface area contributed by atoms with E-state index in [0.717, 1.165) is 11.5 Å². The number of aryl methyl sites for hydroxylation is 1. The van der Waals surface area contributed by atoms with Gasteiger partial charge in [0.05, 0.1) is 0 Å². The van der Waals surface area contributed by atoms with Gasteiger partial charge < -0.3 is 10.6 Å². The molecule has 18 heavy (non-hydrogen) atoms. The Bertz CT molecular complexity index is 578. The number of para-hydroxylation sites is 1. The molecule has 2 aromatic rings. The first-order valence-electron chi connectivity index (χ1n) is 5.69. The Morgan fingerprint density at radius 1 is 1.28 bits per heavy atom. The number of hydrogen-bond donors (Lipinski definition) is 2. The summed E-state index contributed by atoms with van der Waals surface area (Å²) in [6.45, 7) is 2.06. The van der Waals surface area contributed by atoms with Crippen LogP contribution in [-0.4, -0.2) is 17.9 Å². The summed E-state index contributed by atoms with van der Waals surface area (Å²) in [7, 11) is 1.95. The highest BCUT2D eigenvalue weighted by molar-refractivity contribution is 5.95. The van der Waals surface area contributed by atoms with Gasteiger partial charge in [-0.15, -0.1) is 0 Å². The Morgan fingerprint density at radius 2 is 2.00 bits per heavy atom. The predicted molar refractivity (Wildman–Crippen MR) is 74.5 cm³/mol. The first kappa shape index (κ1) is 12.1. The fourth-order valence-electron chi connectivity index (χ4n) is 1.83.